The molecule has 10 heavy (non-hydrogen) atoms. The van der Waals surface area contributed by atoms with Crippen molar-refractivity contribution >= 4 is 27.4 Å². The van der Waals surface area contributed by atoms with Crippen molar-refractivity contribution in [2.24, 2.45) is 0 Å². The van der Waals surface area contributed by atoms with Crippen molar-refractivity contribution < 1.29 is 0 Å². The molecule has 0 bridgehead atoms. The van der Waals surface area contributed by atoms with E-state index in [0.717, 1.165) is 10.3 Å². The third-order valence-electron chi connectivity index (χ3n) is 1.29. The highest BCUT2D eigenvalue weighted by Crippen LogP contribution is 2.22. The Balaban J connectivity index is 3.03. The topological polar surface area (TPSA) is 74.7 Å². The normalized spacial score (nSPS) is 10.8. The first kappa shape index (κ1) is 5.55. The van der Waals surface area contributed by atoms with Crippen molar-refractivity contribution in [3.8, 4) is 0 Å². The third-order valence-corrected chi connectivity index (χ3v) is 2.20. The average Bonchev–Trinajstić information content (AvgIpc) is 2.35. The van der Waals surface area contributed by atoms with Crippen LogP contribution >= 0.6 is 11.3 Å². The Bertz CT molecular complexity index is 410. The van der Waals surface area contributed by atoms with Gasteiger partial charge in [-0.25, -0.2) is 4.79 Å². The number of hydrogen-bond acceptors (Lipinski definition) is 3. The van der Waals surface area contributed by atoms with Gasteiger partial charge in [-0.1, -0.05) is 0 Å². The van der Waals surface area contributed by atoms with Crippen molar-refractivity contribution in [1.82, 2.24) is 9.97 Å². The molecular weight excluding hydrogens is 150 g/mol. The lowest BCUT2D eigenvalue weighted by Crippen LogP contribution is -1.99. The summed E-state index contributed by atoms with van der Waals surface area (Å²) in [5, 5.41) is 1.79. The summed E-state index contributed by atoms with van der Waals surface area (Å²) in [6, 6.07) is 0. The van der Waals surface area contributed by atoms with E-state index in [9.17, 15) is 4.79 Å². The Labute approximate surface area is 59.7 Å². The van der Waals surface area contributed by atoms with Gasteiger partial charge in [-0.3, -0.25) is 4.98 Å². The number of imidazole rings is 1. The highest BCUT2D eigenvalue weighted by Gasteiger charge is 2.02. The molecule has 0 atom stereocenters. The first-order valence-corrected chi connectivity index (χ1v) is 3.60. The van der Waals surface area contributed by atoms with E-state index in [1.165, 1.54) is 11.3 Å². The summed E-state index contributed by atoms with van der Waals surface area (Å²) in [5.41, 5.74) is 6.65. The van der Waals surface area contributed by atoms with Crippen molar-refractivity contribution in [1.29, 1.82) is 0 Å². The molecule has 0 aliphatic rings. The number of aromatic nitrogens is 2. The third kappa shape index (κ3) is 0.577. The lowest BCUT2D eigenvalue weighted by molar-refractivity contribution is 1.22. The molecule has 0 aliphatic heterocycles. The molecule has 0 aliphatic carbocycles. The fourth-order valence-electron chi connectivity index (χ4n) is 0.840. The molecule has 0 amide bonds. The zero-order valence-electron chi connectivity index (χ0n) is 4.97. The molecule has 0 saturated heterocycles. The maximum absolute atomic E-state index is 10.6. The van der Waals surface area contributed by atoms with E-state index in [0.29, 0.717) is 5.69 Å². The molecule has 4 nitrogen and oxygen atoms in total. The van der Waals surface area contributed by atoms with Crippen LogP contribution in [0.3, 0.4) is 0 Å². The molecule has 0 fully saturated rings. The quantitative estimate of drug-likeness (QED) is 0.518. The Morgan fingerprint density at radius 3 is 3.00 bits per heavy atom. The van der Waals surface area contributed by atoms with Crippen LogP contribution in [-0.2, 0) is 0 Å². The smallest absolute Gasteiger partial charge is 0.324 e. The largest absolute Gasteiger partial charge is 0.396 e. The van der Waals surface area contributed by atoms with Crippen LogP contribution in [0.1, 0.15) is 0 Å². The van der Waals surface area contributed by atoms with Gasteiger partial charge < -0.3 is 10.7 Å². The van der Waals surface area contributed by atoms with E-state index >= 15 is 0 Å². The Morgan fingerprint density at radius 2 is 2.30 bits per heavy atom. The number of rotatable bonds is 0. The number of nitrogen functional groups attached to an aromatic ring is 1. The van der Waals surface area contributed by atoms with Gasteiger partial charge in [0.1, 0.15) is 10.3 Å². The minimum atomic E-state index is -0.200. The molecule has 4 N–H and O–H groups in total. The summed E-state index contributed by atoms with van der Waals surface area (Å²) in [7, 11) is 0. The van der Waals surface area contributed by atoms with Gasteiger partial charge in [0, 0.05) is 5.38 Å². The monoisotopic (exact) mass is 155 g/mol. The van der Waals surface area contributed by atoms with E-state index in [2.05, 4.69) is 9.97 Å². The number of thiophene rings is 1. The van der Waals surface area contributed by atoms with Crippen LogP contribution in [0.2, 0.25) is 0 Å². The van der Waals surface area contributed by atoms with Crippen LogP contribution in [0.5, 0.6) is 0 Å². The summed E-state index contributed by atoms with van der Waals surface area (Å²) < 4.78 is 0. The van der Waals surface area contributed by atoms with Gasteiger partial charge >= 0.3 is 5.69 Å². The zero-order chi connectivity index (χ0) is 7.14. The van der Waals surface area contributed by atoms with Crippen molar-refractivity contribution in [3.05, 3.63) is 15.9 Å². The Kier molecular flexibility index (Phi) is 0.906. The fraction of sp³-hybridized carbons (Fsp3) is 0. The summed E-state index contributed by atoms with van der Waals surface area (Å²) in [4.78, 5) is 16.6. The summed E-state index contributed by atoms with van der Waals surface area (Å²) in [6.45, 7) is 0. The summed E-state index contributed by atoms with van der Waals surface area (Å²) >= 11 is 1.42. The first-order chi connectivity index (χ1) is 4.77. The van der Waals surface area contributed by atoms with Crippen molar-refractivity contribution in [3.63, 3.8) is 0 Å². The molecule has 0 aromatic carbocycles. The van der Waals surface area contributed by atoms with Gasteiger partial charge in [0.15, 0.2) is 0 Å². The van der Waals surface area contributed by atoms with Crippen LogP contribution in [0.15, 0.2) is 10.2 Å². The second-order valence-electron chi connectivity index (χ2n) is 1.97. The number of nitrogens with two attached hydrogens (primary N) is 1. The van der Waals surface area contributed by atoms with E-state index in [-0.39, 0.29) is 5.69 Å². The number of anilines is 1. The standard InChI is InChI=1S/C5H5N3OS/c6-2-1-10-4-3(2)7-5(9)8-4/h1H,6H2,(H2,7,8,9). The van der Waals surface area contributed by atoms with Crippen LogP contribution in [-0.4, -0.2) is 9.97 Å². The van der Waals surface area contributed by atoms with Gasteiger partial charge in [-0.2, -0.15) is 0 Å². The van der Waals surface area contributed by atoms with Crippen LogP contribution in [0, 0.1) is 0 Å². The first-order valence-electron chi connectivity index (χ1n) is 2.72. The van der Waals surface area contributed by atoms with Gasteiger partial charge in [-0.15, -0.1) is 11.3 Å². The molecule has 2 aromatic heterocycles. The van der Waals surface area contributed by atoms with Crippen molar-refractivity contribution in [2.75, 3.05) is 5.73 Å². The number of H-pyrrole nitrogens is 2. The Morgan fingerprint density at radius 1 is 1.50 bits per heavy atom. The lowest BCUT2D eigenvalue weighted by Gasteiger charge is -1.77. The molecule has 0 unspecified atom stereocenters. The SMILES string of the molecule is Nc1csc2[nH]c(=O)[nH]c12. The number of aromatic amines is 2. The molecule has 2 heterocycles. The van der Waals surface area contributed by atoms with E-state index in [1.807, 2.05) is 0 Å². The van der Waals surface area contributed by atoms with E-state index < -0.39 is 0 Å². The minimum Gasteiger partial charge on any atom is -0.396 e. The molecule has 2 aromatic rings. The minimum absolute atomic E-state index is 0.200. The highest BCUT2D eigenvalue weighted by molar-refractivity contribution is 7.17. The van der Waals surface area contributed by atoms with Gasteiger partial charge in [0.05, 0.1) is 5.69 Å². The van der Waals surface area contributed by atoms with E-state index in [4.69, 9.17) is 5.73 Å². The molecule has 2 rings (SSSR count). The second kappa shape index (κ2) is 1.63. The van der Waals surface area contributed by atoms with E-state index in [1.54, 1.807) is 5.38 Å². The number of fused-ring (bicyclic) bond motifs is 1. The molecule has 52 valence electrons. The summed E-state index contributed by atoms with van der Waals surface area (Å²) in [6.07, 6.45) is 0. The maximum Gasteiger partial charge on any atom is 0.324 e. The second-order valence-corrected chi connectivity index (χ2v) is 2.85. The van der Waals surface area contributed by atoms with Gasteiger partial charge in [0.25, 0.3) is 0 Å². The van der Waals surface area contributed by atoms with Crippen LogP contribution in [0.25, 0.3) is 10.3 Å². The predicted octanol–water partition coefficient (Wildman–Crippen LogP) is 0.500. The number of nitrogens with one attached hydrogen (secondary N) is 2. The molecule has 5 heteroatoms. The molecular formula is C5H5N3OS. The molecule has 0 spiro atoms. The number of hydrogen-bond donors (Lipinski definition) is 3. The average molecular weight is 155 g/mol. The van der Waals surface area contributed by atoms with Crippen molar-refractivity contribution in [2.45, 2.75) is 0 Å². The summed E-state index contributed by atoms with van der Waals surface area (Å²) in [5.74, 6) is 0. The molecule has 0 radical (unpaired) electrons. The van der Waals surface area contributed by atoms with Crippen LogP contribution in [0.4, 0.5) is 5.69 Å². The zero-order valence-corrected chi connectivity index (χ0v) is 5.79. The van der Waals surface area contributed by atoms with Crippen LogP contribution < -0.4 is 11.4 Å². The lowest BCUT2D eigenvalue weighted by atomic mass is 10.5. The maximum atomic E-state index is 10.6. The Hall–Kier alpha value is -1.23. The van der Waals surface area contributed by atoms with Gasteiger partial charge in [0.2, 0.25) is 0 Å². The molecule has 0 saturated carbocycles. The van der Waals surface area contributed by atoms with Gasteiger partial charge in [-0.05, 0) is 0 Å². The predicted molar refractivity (Wildman–Crippen MR) is 41.2 cm³/mol. The highest BCUT2D eigenvalue weighted by atomic mass is 32.1. The fourth-order valence-corrected chi connectivity index (χ4v) is 1.64.